The minimum atomic E-state index is 0.612. The van der Waals surface area contributed by atoms with Gasteiger partial charge in [0.1, 0.15) is 11.2 Å². The van der Waals surface area contributed by atoms with E-state index in [9.17, 15) is 0 Å². The Hall–Kier alpha value is -7.43. The Morgan fingerprint density at radius 1 is 0.273 bits per heavy atom. The summed E-state index contributed by atoms with van der Waals surface area (Å²) in [5.74, 6) is 1.86. The smallest absolute Gasteiger partial charge is 0.164 e. The molecule has 11 aromatic rings. The van der Waals surface area contributed by atoms with Gasteiger partial charge >= 0.3 is 0 Å². The Morgan fingerprint density at radius 2 is 0.836 bits per heavy atom. The van der Waals surface area contributed by atoms with Gasteiger partial charge in [-0.2, -0.15) is 0 Å². The minimum absolute atomic E-state index is 0.612. The molecule has 0 atom stereocenters. The van der Waals surface area contributed by atoms with Gasteiger partial charge in [-0.3, -0.25) is 0 Å². The van der Waals surface area contributed by atoms with Crippen LogP contribution in [-0.4, -0.2) is 15.0 Å². The Kier molecular flexibility index (Phi) is 7.14. The highest BCUT2D eigenvalue weighted by atomic mass is 16.3. The standard InChI is InChI=1S/C51H31N3O/c1-2-11-34(12-3-1)41-26-27-45(43-15-7-6-14-42(41)43)51-53-49(35-21-18-33(19-22-35)37-23-20-32-10-4-5-13-36(32)28-37)52-50(54-51)39-25-24-38-30-46-44-16-8-9-17-47(44)55-48(46)31-40(38)29-39/h1-31H. The molecule has 0 N–H and O–H groups in total. The number of para-hydroxylation sites is 1. The zero-order valence-electron chi connectivity index (χ0n) is 29.6. The van der Waals surface area contributed by atoms with E-state index in [2.05, 4.69) is 170 Å². The van der Waals surface area contributed by atoms with Gasteiger partial charge in [0.15, 0.2) is 17.5 Å². The van der Waals surface area contributed by atoms with Crippen LogP contribution in [0, 0.1) is 0 Å². The second-order valence-electron chi connectivity index (χ2n) is 14.0. The number of rotatable bonds is 5. The van der Waals surface area contributed by atoms with Crippen molar-refractivity contribution >= 4 is 54.3 Å². The van der Waals surface area contributed by atoms with Crippen LogP contribution in [-0.2, 0) is 0 Å². The summed E-state index contributed by atoms with van der Waals surface area (Å²) < 4.78 is 6.26. The zero-order chi connectivity index (χ0) is 36.3. The maximum Gasteiger partial charge on any atom is 0.164 e. The van der Waals surface area contributed by atoms with Gasteiger partial charge in [-0.1, -0.05) is 152 Å². The third-order valence-electron chi connectivity index (χ3n) is 10.7. The van der Waals surface area contributed by atoms with Crippen LogP contribution >= 0.6 is 0 Å². The topological polar surface area (TPSA) is 51.8 Å². The summed E-state index contributed by atoms with van der Waals surface area (Å²) in [5.41, 5.74) is 9.18. The number of hydrogen-bond acceptors (Lipinski definition) is 4. The first-order valence-corrected chi connectivity index (χ1v) is 18.5. The third-order valence-corrected chi connectivity index (χ3v) is 10.7. The first-order valence-electron chi connectivity index (χ1n) is 18.5. The fraction of sp³-hybridized carbons (Fsp3) is 0. The predicted molar refractivity (Wildman–Crippen MR) is 227 cm³/mol. The van der Waals surface area contributed by atoms with E-state index in [1.54, 1.807) is 0 Å². The second-order valence-corrected chi connectivity index (χ2v) is 14.0. The summed E-state index contributed by atoms with van der Waals surface area (Å²) in [6.45, 7) is 0. The molecule has 0 aliphatic rings. The lowest BCUT2D eigenvalue weighted by atomic mass is 9.94. The van der Waals surface area contributed by atoms with Gasteiger partial charge in [0.2, 0.25) is 0 Å². The fourth-order valence-electron chi connectivity index (χ4n) is 7.91. The third kappa shape index (κ3) is 5.43. The molecule has 0 saturated heterocycles. The largest absolute Gasteiger partial charge is 0.456 e. The number of fused-ring (bicyclic) bond motifs is 6. The first-order chi connectivity index (χ1) is 27.2. The van der Waals surface area contributed by atoms with Crippen molar-refractivity contribution < 1.29 is 4.42 Å². The van der Waals surface area contributed by atoms with Gasteiger partial charge < -0.3 is 4.42 Å². The van der Waals surface area contributed by atoms with Gasteiger partial charge in [0.05, 0.1) is 0 Å². The molecule has 0 unspecified atom stereocenters. The van der Waals surface area contributed by atoms with E-state index in [-0.39, 0.29) is 0 Å². The van der Waals surface area contributed by atoms with Crippen LogP contribution in [0.15, 0.2) is 192 Å². The van der Waals surface area contributed by atoms with Crippen LogP contribution in [0.5, 0.6) is 0 Å². The maximum atomic E-state index is 6.26. The Morgan fingerprint density at radius 3 is 1.67 bits per heavy atom. The van der Waals surface area contributed by atoms with Crippen LogP contribution < -0.4 is 0 Å². The number of aromatic nitrogens is 3. The van der Waals surface area contributed by atoms with Gasteiger partial charge in [-0.05, 0) is 91.0 Å². The lowest BCUT2D eigenvalue weighted by molar-refractivity contribution is 0.669. The molecule has 256 valence electrons. The molecule has 0 fully saturated rings. The molecule has 11 rings (SSSR count). The van der Waals surface area contributed by atoms with Gasteiger partial charge in [0, 0.05) is 27.5 Å². The average Bonchev–Trinajstić information content (AvgIpc) is 3.62. The SMILES string of the molecule is c1ccc(-c2ccc(-c3nc(-c4ccc(-c5ccc6ccccc6c5)cc4)nc(-c4ccc5cc6c(cc5c4)oc4ccccc46)n3)c3ccccc23)cc1. The van der Waals surface area contributed by atoms with Gasteiger partial charge in [-0.25, -0.2) is 15.0 Å². The molecule has 0 amide bonds. The number of hydrogen-bond donors (Lipinski definition) is 0. The molecule has 55 heavy (non-hydrogen) atoms. The molecule has 0 saturated carbocycles. The number of nitrogens with zero attached hydrogens (tertiary/aromatic N) is 3. The molecule has 2 aromatic heterocycles. The Balaban J connectivity index is 1.07. The van der Waals surface area contributed by atoms with E-state index in [1.807, 2.05) is 18.2 Å². The molecule has 0 aliphatic heterocycles. The highest BCUT2D eigenvalue weighted by molar-refractivity contribution is 6.10. The van der Waals surface area contributed by atoms with E-state index in [4.69, 9.17) is 19.4 Å². The minimum Gasteiger partial charge on any atom is -0.456 e. The van der Waals surface area contributed by atoms with E-state index in [0.717, 1.165) is 65.7 Å². The van der Waals surface area contributed by atoms with Gasteiger partial charge in [-0.15, -0.1) is 0 Å². The number of furan rings is 1. The molecule has 9 aromatic carbocycles. The molecular weight excluding hydrogens is 671 g/mol. The van der Waals surface area contributed by atoms with Crippen molar-refractivity contribution in [2.24, 2.45) is 0 Å². The van der Waals surface area contributed by atoms with Crippen molar-refractivity contribution in [3.63, 3.8) is 0 Å². The molecule has 4 heteroatoms. The lowest BCUT2D eigenvalue weighted by Crippen LogP contribution is -2.01. The normalized spacial score (nSPS) is 11.6. The summed E-state index contributed by atoms with van der Waals surface area (Å²) in [4.78, 5) is 15.5. The van der Waals surface area contributed by atoms with Crippen molar-refractivity contribution in [1.82, 2.24) is 15.0 Å². The molecule has 0 aliphatic carbocycles. The van der Waals surface area contributed by atoms with Crippen molar-refractivity contribution in [3.05, 3.63) is 188 Å². The Labute approximate surface area is 317 Å². The van der Waals surface area contributed by atoms with Crippen LogP contribution in [0.25, 0.3) is 111 Å². The van der Waals surface area contributed by atoms with Crippen LogP contribution in [0.4, 0.5) is 0 Å². The van der Waals surface area contributed by atoms with Crippen LogP contribution in [0.3, 0.4) is 0 Å². The molecular formula is C51H31N3O. The molecule has 4 nitrogen and oxygen atoms in total. The lowest BCUT2D eigenvalue weighted by Gasteiger charge is -2.13. The zero-order valence-corrected chi connectivity index (χ0v) is 29.6. The van der Waals surface area contributed by atoms with Crippen molar-refractivity contribution in [2.75, 3.05) is 0 Å². The van der Waals surface area contributed by atoms with Crippen molar-refractivity contribution in [3.8, 4) is 56.4 Å². The van der Waals surface area contributed by atoms with Crippen LogP contribution in [0.1, 0.15) is 0 Å². The highest BCUT2D eigenvalue weighted by Crippen LogP contribution is 2.37. The summed E-state index contributed by atoms with van der Waals surface area (Å²) in [6, 6.07) is 65.9. The highest BCUT2D eigenvalue weighted by Gasteiger charge is 2.17. The van der Waals surface area contributed by atoms with Gasteiger partial charge in [0.25, 0.3) is 0 Å². The van der Waals surface area contributed by atoms with Crippen molar-refractivity contribution in [2.45, 2.75) is 0 Å². The molecule has 0 bridgehead atoms. The molecule has 0 spiro atoms. The van der Waals surface area contributed by atoms with E-state index in [0.29, 0.717) is 17.5 Å². The first kappa shape index (κ1) is 31.1. The second kappa shape index (κ2) is 12.6. The molecule has 0 radical (unpaired) electrons. The fourth-order valence-corrected chi connectivity index (χ4v) is 7.91. The predicted octanol–water partition coefficient (Wildman–Crippen LogP) is 13.6. The molecule has 2 heterocycles. The van der Waals surface area contributed by atoms with Crippen molar-refractivity contribution in [1.29, 1.82) is 0 Å². The summed E-state index contributed by atoms with van der Waals surface area (Å²) in [6.07, 6.45) is 0. The number of benzene rings is 9. The van der Waals surface area contributed by atoms with Crippen LogP contribution in [0.2, 0.25) is 0 Å². The van der Waals surface area contributed by atoms with E-state index in [1.165, 1.54) is 27.5 Å². The quantitative estimate of drug-likeness (QED) is 0.179. The summed E-state index contributed by atoms with van der Waals surface area (Å²) in [5, 5.41) is 9.10. The average molecular weight is 702 g/mol. The monoisotopic (exact) mass is 701 g/mol. The van der Waals surface area contributed by atoms with E-state index >= 15 is 0 Å². The maximum absolute atomic E-state index is 6.26. The van der Waals surface area contributed by atoms with E-state index < -0.39 is 0 Å². The Bertz CT molecular complexity index is 3260. The summed E-state index contributed by atoms with van der Waals surface area (Å²) in [7, 11) is 0. The summed E-state index contributed by atoms with van der Waals surface area (Å²) >= 11 is 0.